The van der Waals surface area contributed by atoms with Gasteiger partial charge in [0.05, 0.1) is 34.1 Å². The van der Waals surface area contributed by atoms with Crippen LogP contribution in [0.3, 0.4) is 0 Å². The minimum Gasteiger partial charge on any atom is -0.281 e. The van der Waals surface area contributed by atoms with E-state index in [1.165, 1.54) is 22.2 Å². The lowest BCUT2D eigenvalue weighted by Gasteiger charge is -1.94. The Kier molecular flexibility index (Phi) is 2.54. The topological polar surface area (TPSA) is 4.93 Å². The van der Waals surface area contributed by atoms with Crippen molar-refractivity contribution in [1.29, 1.82) is 0 Å². The molecule has 0 atom stereocenters. The zero-order valence-corrected chi connectivity index (χ0v) is 12.1. The van der Waals surface area contributed by atoms with Crippen LogP contribution in [0.2, 0.25) is 0 Å². The van der Waals surface area contributed by atoms with E-state index < -0.39 is 0 Å². The first-order valence-electron chi connectivity index (χ1n) is 4.55. The van der Waals surface area contributed by atoms with E-state index >= 15 is 0 Å². The van der Waals surface area contributed by atoms with Crippen molar-refractivity contribution in [2.45, 2.75) is 0 Å². The van der Waals surface area contributed by atoms with Crippen LogP contribution in [0.1, 0.15) is 11.3 Å². The second kappa shape index (κ2) is 3.88. The Hall–Kier alpha value is -0.390. The van der Waals surface area contributed by atoms with Gasteiger partial charge < -0.3 is 0 Å². The van der Waals surface area contributed by atoms with Gasteiger partial charge in [-0.15, -0.1) is 0 Å². The fourth-order valence-electron chi connectivity index (χ4n) is 1.77. The van der Waals surface area contributed by atoms with Gasteiger partial charge in [-0.25, -0.2) is 0 Å². The van der Waals surface area contributed by atoms with Gasteiger partial charge in [0.1, 0.15) is 0 Å². The first kappa shape index (κ1) is 9.81. The Bertz CT molecular complexity index is 628. The van der Waals surface area contributed by atoms with Crippen LogP contribution < -0.4 is 0 Å². The molecule has 0 bridgehead atoms. The summed E-state index contributed by atoms with van der Waals surface area (Å²) in [4.78, 5) is 0. The second-order valence-corrected chi connectivity index (χ2v) is 6.18. The third-order valence-corrected chi connectivity index (χ3v) is 4.87. The summed E-state index contributed by atoms with van der Waals surface area (Å²) in [5, 5.41) is 1.34. The van der Waals surface area contributed by atoms with Gasteiger partial charge in [-0.05, 0) is 37.0 Å². The van der Waals surface area contributed by atoms with E-state index in [1.807, 2.05) is 0 Å². The van der Waals surface area contributed by atoms with E-state index in [-0.39, 0.29) is 20.7 Å². The predicted molar refractivity (Wildman–Crippen MR) is 83.9 cm³/mol. The van der Waals surface area contributed by atoms with Crippen LogP contribution in [0.25, 0.3) is 23.1 Å². The lowest BCUT2D eigenvalue weighted by molar-refractivity contribution is 1.38. The van der Waals surface area contributed by atoms with Crippen molar-refractivity contribution in [2.75, 3.05) is 0 Å². The Morgan fingerprint density at radius 2 is 2.13 bits per heavy atom. The van der Waals surface area contributed by atoms with Gasteiger partial charge in [0, 0.05) is 17.0 Å². The van der Waals surface area contributed by atoms with E-state index in [2.05, 4.69) is 69.8 Å². The molecule has 1 aromatic carbocycles. The maximum absolute atomic E-state index is 3.38. The zero-order chi connectivity index (χ0) is 10.3. The summed E-state index contributed by atoms with van der Waals surface area (Å²) in [6.07, 6.45) is 4.38. The highest BCUT2D eigenvalue weighted by Crippen LogP contribution is 2.31. The second-order valence-electron chi connectivity index (χ2n) is 3.25. The van der Waals surface area contributed by atoms with Crippen LogP contribution in [0.4, 0.5) is 0 Å². The number of aromatic nitrogens is 1. The van der Waals surface area contributed by atoms with Gasteiger partial charge in [-0.1, -0.05) is 21.9 Å². The molecule has 3 rings (SSSR count). The number of benzene rings is 1. The van der Waals surface area contributed by atoms with Gasteiger partial charge in [0.25, 0.3) is 0 Å². The summed E-state index contributed by atoms with van der Waals surface area (Å²) >= 11 is 2.35. The van der Waals surface area contributed by atoms with Gasteiger partial charge in [0.15, 0.2) is 0 Å². The number of hydrogen-bond donors (Lipinski definition) is 0. The third-order valence-electron chi connectivity index (χ3n) is 2.44. The molecular weight excluding hydrogens is 412 g/mol. The quantitative estimate of drug-likeness (QED) is 0.565. The molecule has 0 saturated heterocycles. The molecular formula is C12H7I2N. The number of para-hydroxylation sites is 1. The summed E-state index contributed by atoms with van der Waals surface area (Å²) < 4.78 is 7.86. The average molecular weight is 419 g/mol. The Balaban J connectivity index is 2.53. The maximum Gasteiger partial charge on any atom is 0.0671 e. The summed E-state index contributed by atoms with van der Waals surface area (Å²) in [5.41, 5.74) is 3.89. The van der Waals surface area contributed by atoms with Crippen LogP contribution in [-0.2, 0) is 0 Å². The molecule has 3 heteroatoms. The molecule has 0 spiro atoms. The lowest BCUT2D eigenvalue weighted by atomic mass is 10.1. The number of nitrogens with zero attached hydrogens (tertiary/aromatic N) is 1. The average Bonchev–Trinajstić information content (AvgIpc) is 2.48. The van der Waals surface area contributed by atoms with Gasteiger partial charge in [0.2, 0.25) is 0 Å². The van der Waals surface area contributed by atoms with E-state index in [0.717, 1.165) is 0 Å². The molecule has 0 radical (unpaired) electrons. The predicted octanol–water partition coefficient (Wildman–Crippen LogP) is 4.21. The van der Waals surface area contributed by atoms with Crippen LogP contribution in [-0.4, -0.2) is 6.45 Å². The van der Waals surface area contributed by atoms with Crippen molar-refractivity contribution in [2.24, 2.45) is 0 Å². The summed E-state index contributed by atoms with van der Waals surface area (Å²) in [6.45, 7) is 0. The van der Waals surface area contributed by atoms with Crippen LogP contribution >= 0.6 is 43.6 Å². The van der Waals surface area contributed by atoms with Crippen molar-refractivity contribution in [1.82, 2.24) is 2.78 Å². The van der Waals surface area contributed by atoms with Gasteiger partial charge >= 0.3 is 0 Å². The highest BCUT2D eigenvalue weighted by molar-refractivity contribution is 14.2. The van der Waals surface area contributed by atoms with Crippen molar-refractivity contribution >= 4 is 70.3 Å². The third kappa shape index (κ3) is 1.53. The Morgan fingerprint density at radius 3 is 3.07 bits per heavy atom. The van der Waals surface area contributed by atoms with Crippen molar-refractivity contribution in [3.05, 3.63) is 39.6 Å². The molecule has 2 heterocycles. The minimum absolute atomic E-state index is 0.00705. The largest absolute Gasteiger partial charge is 0.281 e. The van der Waals surface area contributed by atoms with Gasteiger partial charge in [-0.2, -0.15) is 0 Å². The molecule has 1 aliphatic rings. The molecule has 0 N–H and O–H groups in total. The molecule has 0 amide bonds. The lowest BCUT2D eigenvalue weighted by Crippen LogP contribution is -1.82. The Morgan fingerprint density at radius 1 is 1.27 bits per heavy atom. The van der Waals surface area contributed by atoms with Crippen molar-refractivity contribution < 1.29 is 0 Å². The first-order valence-corrected chi connectivity index (χ1v) is 7.84. The number of halogens is 2. The fourth-order valence-corrected chi connectivity index (χ4v) is 3.81. The molecule has 2 aromatic rings. The maximum atomic E-state index is 3.38. The van der Waals surface area contributed by atoms with E-state index in [9.17, 15) is 0 Å². The zero-order valence-electron chi connectivity index (χ0n) is 7.74. The monoisotopic (exact) mass is 419 g/mol. The van der Waals surface area contributed by atoms with E-state index in [0.29, 0.717) is 0 Å². The first-order chi connectivity index (χ1) is 7.38. The molecule has 1 aliphatic heterocycles. The number of fused-ring (bicyclic) bond motifs is 3. The molecule has 15 heavy (non-hydrogen) atoms. The van der Waals surface area contributed by atoms with E-state index in [1.54, 1.807) is 0 Å². The standard InChI is InChI=1S/C12H7I2N/c13-15-11-4-2-1-3-9(11)10-5-7-14-8-6-12(10)15/h1-7H. The summed E-state index contributed by atoms with van der Waals surface area (Å²) in [6, 6.07) is 8.53. The highest BCUT2D eigenvalue weighted by atomic mass is 127. The van der Waals surface area contributed by atoms with Gasteiger partial charge in [-0.3, -0.25) is 2.78 Å². The number of rotatable bonds is 0. The van der Waals surface area contributed by atoms with Crippen LogP contribution in [0, 0.1) is 0 Å². The molecule has 0 aliphatic carbocycles. The van der Waals surface area contributed by atoms with Crippen LogP contribution in [0.5, 0.6) is 0 Å². The minimum atomic E-state index is -0.00705. The van der Waals surface area contributed by atoms with Crippen molar-refractivity contribution in [3.8, 4) is 0 Å². The smallest absolute Gasteiger partial charge is 0.0671 e. The summed E-state index contributed by atoms with van der Waals surface area (Å²) in [5.74, 6) is 0. The summed E-state index contributed by atoms with van der Waals surface area (Å²) in [7, 11) is 0. The highest BCUT2D eigenvalue weighted by Gasteiger charge is 2.11. The molecule has 0 unspecified atom stereocenters. The van der Waals surface area contributed by atoms with Crippen molar-refractivity contribution in [3.63, 3.8) is 0 Å². The number of hydrogen-bond acceptors (Lipinski definition) is 0. The normalized spacial score (nSPS) is 13.7. The molecule has 74 valence electrons. The molecule has 1 aromatic heterocycles. The van der Waals surface area contributed by atoms with Crippen LogP contribution in [0.15, 0.2) is 28.3 Å². The SMILES string of the molecule is In1c2c(c3ccccc31)C=CI=C=C2. The molecule has 0 saturated carbocycles. The fraction of sp³-hybridized carbons (Fsp3) is 0. The van der Waals surface area contributed by atoms with E-state index in [4.69, 9.17) is 0 Å². The Labute approximate surface area is 112 Å². The molecule has 0 fully saturated rings. The molecule has 1 nitrogen and oxygen atoms in total.